The second-order valence-corrected chi connectivity index (χ2v) is 10.2. The summed E-state index contributed by atoms with van der Waals surface area (Å²) in [5.74, 6) is 1.10. The molecule has 1 aliphatic rings. The number of rotatable bonds is 10. The molecule has 0 atom stereocenters. The van der Waals surface area contributed by atoms with Crippen LogP contribution in [0.3, 0.4) is 0 Å². The summed E-state index contributed by atoms with van der Waals surface area (Å²) in [6.45, 7) is 4.18. The Morgan fingerprint density at radius 3 is 1.57 bits per heavy atom. The molecule has 0 aromatic heterocycles. The molecule has 0 aliphatic carbocycles. The summed E-state index contributed by atoms with van der Waals surface area (Å²) in [4.78, 5) is 27.8. The Morgan fingerprint density at radius 2 is 1.11 bits per heavy atom. The van der Waals surface area contributed by atoms with E-state index in [1.165, 1.54) is 13.2 Å². The average molecular weight is 599 g/mol. The molecule has 44 heavy (non-hydrogen) atoms. The van der Waals surface area contributed by atoms with Gasteiger partial charge in [-0.2, -0.15) is 0 Å². The molecule has 9 nitrogen and oxygen atoms in total. The Labute approximate surface area is 258 Å². The molecule has 9 heteroatoms. The van der Waals surface area contributed by atoms with Crippen molar-refractivity contribution in [3.05, 3.63) is 119 Å². The van der Waals surface area contributed by atoms with Crippen molar-refractivity contribution in [3.8, 4) is 23.0 Å². The van der Waals surface area contributed by atoms with Crippen molar-refractivity contribution >= 4 is 11.9 Å². The van der Waals surface area contributed by atoms with Crippen LogP contribution in [0.2, 0.25) is 0 Å². The molecule has 1 amide bonds. The Balaban J connectivity index is 0.000000209. The number of ether oxygens (including phenoxy) is 4. The van der Waals surface area contributed by atoms with Crippen LogP contribution in [0.25, 0.3) is 0 Å². The van der Waals surface area contributed by atoms with Crippen molar-refractivity contribution in [3.63, 3.8) is 0 Å². The zero-order chi connectivity index (χ0) is 31.3. The van der Waals surface area contributed by atoms with Gasteiger partial charge in [0.2, 0.25) is 0 Å². The lowest BCUT2D eigenvalue weighted by molar-refractivity contribution is 0.0658. The fourth-order valence-electron chi connectivity index (χ4n) is 4.54. The summed E-state index contributed by atoms with van der Waals surface area (Å²) < 4.78 is 21.9. The number of aromatic carboxylic acids is 1. The molecule has 5 rings (SSSR count). The van der Waals surface area contributed by atoms with Crippen molar-refractivity contribution in [1.29, 1.82) is 0 Å². The minimum Gasteiger partial charge on any atom is -0.496 e. The molecule has 1 N–H and O–H groups in total. The number of hydrogen-bond acceptors (Lipinski definition) is 7. The van der Waals surface area contributed by atoms with E-state index < -0.39 is 5.97 Å². The lowest BCUT2D eigenvalue weighted by Gasteiger charge is -2.32. The predicted molar refractivity (Wildman–Crippen MR) is 168 cm³/mol. The van der Waals surface area contributed by atoms with Gasteiger partial charge in [-0.05, 0) is 42.4 Å². The fourth-order valence-corrected chi connectivity index (χ4v) is 4.54. The summed E-state index contributed by atoms with van der Waals surface area (Å²) in [5, 5.41) is 8.97. The van der Waals surface area contributed by atoms with Gasteiger partial charge in [0.25, 0.3) is 5.91 Å². The zero-order valence-corrected chi connectivity index (χ0v) is 25.3. The number of methoxy groups -OCH3 is 2. The maximum absolute atomic E-state index is 12.8. The van der Waals surface area contributed by atoms with Crippen LogP contribution in [-0.2, 0) is 13.2 Å². The van der Waals surface area contributed by atoms with Gasteiger partial charge in [0.15, 0.2) is 0 Å². The van der Waals surface area contributed by atoms with E-state index in [0.717, 1.165) is 37.3 Å². The van der Waals surface area contributed by atoms with Gasteiger partial charge in [-0.15, -0.1) is 0 Å². The highest BCUT2D eigenvalue weighted by atomic mass is 16.5. The van der Waals surface area contributed by atoms with Gasteiger partial charge >= 0.3 is 5.97 Å². The van der Waals surface area contributed by atoms with Crippen LogP contribution in [-0.4, -0.2) is 74.2 Å². The Kier molecular flexibility index (Phi) is 11.6. The number of hydrogen-bond donors (Lipinski definition) is 1. The van der Waals surface area contributed by atoms with Crippen LogP contribution in [0, 0.1) is 0 Å². The minimum absolute atomic E-state index is 0.0135. The highest BCUT2D eigenvalue weighted by Crippen LogP contribution is 2.27. The lowest BCUT2D eigenvalue weighted by atomic mass is 10.1. The number of nitrogens with zero attached hydrogens (tertiary/aromatic N) is 2. The molecule has 0 radical (unpaired) electrons. The SMILES string of the molecule is COc1cc(OCc2ccccc2)ccc1C(=O)N1CCN(C)CC1.COc1cc(OCc2ccccc2)ccc1C(=O)O. The first-order valence-electron chi connectivity index (χ1n) is 14.3. The number of carbonyl (C=O) groups excluding carboxylic acids is 1. The topological polar surface area (TPSA) is 97.8 Å². The van der Waals surface area contributed by atoms with E-state index in [4.69, 9.17) is 24.1 Å². The standard InChI is InChI=1S/C20H24N2O3.C15H14O4/c1-21-10-12-22(13-11-21)20(23)18-9-8-17(14-19(18)24-2)25-15-16-6-4-3-5-7-16;1-18-14-9-12(7-8-13(14)15(16)17)19-10-11-5-3-2-4-6-11/h3-9,14H,10-13,15H2,1-2H3;2-9H,10H2,1H3,(H,16,17). The Hall–Kier alpha value is -5.02. The quantitative estimate of drug-likeness (QED) is 0.251. The number of amides is 1. The van der Waals surface area contributed by atoms with Crippen LogP contribution in [0.4, 0.5) is 0 Å². The number of carboxylic acids is 1. The summed E-state index contributed by atoms with van der Waals surface area (Å²) in [6, 6.07) is 29.8. The molecule has 1 heterocycles. The third-order valence-electron chi connectivity index (χ3n) is 7.09. The molecule has 230 valence electrons. The molecule has 0 spiro atoms. The van der Waals surface area contributed by atoms with Gasteiger partial charge in [-0.25, -0.2) is 4.79 Å². The molecule has 4 aromatic carbocycles. The fraction of sp³-hybridized carbons (Fsp3) is 0.257. The van der Waals surface area contributed by atoms with Crippen LogP contribution < -0.4 is 18.9 Å². The smallest absolute Gasteiger partial charge is 0.339 e. The van der Waals surface area contributed by atoms with Crippen molar-refractivity contribution in [1.82, 2.24) is 9.80 Å². The Bertz CT molecular complexity index is 1500. The molecule has 4 aromatic rings. The molecule has 1 aliphatic heterocycles. The van der Waals surface area contributed by atoms with Gasteiger partial charge < -0.3 is 33.9 Å². The summed E-state index contributed by atoms with van der Waals surface area (Å²) in [6.07, 6.45) is 0. The van der Waals surface area contributed by atoms with Crippen LogP contribution in [0.1, 0.15) is 31.8 Å². The van der Waals surface area contributed by atoms with Crippen molar-refractivity contribution in [2.45, 2.75) is 13.2 Å². The highest BCUT2D eigenvalue weighted by molar-refractivity contribution is 5.97. The third kappa shape index (κ3) is 8.99. The number of carbonyl (C=O) groups is 2. The average Bonchev–Trinajstić information content (AvgIpc) is 3.07. The minimum atomic E-state index is -1.02. The number of likely N-dealkylation sites (N-methyl/N-ethyl adjacent to an activating group) is 1. The molecule has 0 bridgehead atoms. The van der Waals surface area contributed by atoms with Crippen LogP contribution in [0.15, 0.2) is 97.1 Å². The van der Waals surface area contributed by atoms with E-state index >= 15 is 0 Å². The van der Waals surface area contributed by atoms with Crippen molar-refractivity contribution < 1.29 is 33.6 Å². The maximum atomic E-state index is 12.8. The first kappa shape index (κ1) is 31.9. The monoisotopic (exact) mass is 598 g/mol. The van der Waals surface area contributed by atoms with E-state index in [9.17, 15) is 9.59 Å². The molecule has 1 fully saturated rings. The normalized spacial score (nSPS) is 12.8. The predicted octanol–water partition coefficient (Wildman–Crippen LogP) is 5.63. The molecular formula is C35H38N2O7. The molecule has 1 saturated heterocycles. The Morgan fingerprint density at radius 1 is 0.659 bits per heavy atom. The van der Waals surface area contributed by atoms with E-state index in [2.05, 4.69) is 11.9 Å². The van der Waals surface area contributed by atoms with E-state index in [-0.39, 0.29) is 17.2 Å². The van der Waals surface area contributed by atoms with E-state index in [0.29, 0.717) is 36.0 Å². The second-order valence-electron chi connectivity index (χ2n) is 10.2. The maximum Gasteiger partial charge on any atom is 0.339 e. The molecule has 0 unspecified atom stereocenters. The zero-order valence-electron chi connectivity index (χ0n) is 25.3. The molecule has 0 saturated carbocycles. The van der Waals surface area contributed by atoms with Gasteiger partial charge in [0.1, 0.15) is 41.8 Å². The van der Waals surface area contributed by atoms with Crippen molar-refractivity contribution in [2.75, 3.05) is 47.4 Å². The summed E-state index contributed by atoms with van der Waals surface area (Å²) in [5.41, 5.74) is 2.84. The number of benzene rings is 4. The van der Waals surface area contributed by atoms with Gasteiger partial charge in [0, 0.05) is 38.3 Å². The largest absolute Gasteiger partial charge is 0.496 e. The lowest BCUT2D eigenvalue weighted by Crippen LogP contribution is -2.47. The van der Waals surface area contributed by atoms with Crippen LogP contribution in [0.5, 0.6) is 23.0 Å². The first-order valence-corrected chi connectivity index (χ1v) is 14.3. The van der Waals surface area contributed by atoms with E-state index in [1.54, 1.807) is 31.4 Å². The van der Waals surface area contributed by atoms with Gasteiger partial charge in [-0.1, -0.05) is 60.7 Å². The van der Waals surface area contributed by atoms with Crippen LogP contribution >= 0.6 is 0 Å². The van der Waals surface area contributed by atoms with E-state index in [1.807, 2.05) is 71.6 Å². The third-order valence-corrected chi connectivity index (χ3v) is 7.09. The van der Waals surface area contributed by atoms with Gasteiger partial charge in [0.05, 0.1) is 19.8 Å². The first-order chi connectivity index (χ1) is 21.4. The summed E-state index contributed by atoms with van der Waals surface area (Å²) in [7, 11) is 5.08. The van der Waals surface area contributed by atoms with Gasteiger partial charge in [-0.3, -0.25) is 4.79 Å². The molecular weight excluding hydrogens is 560 g/mol. The number of piperazine rings is 1. The second kappa shape index (κ2) is 16.0. The number of carboxylic acid groups (broad SMARTS) is 1. The van der Waals surface area contributed by atoms with Crippen molar-refractivity contribution in [2.24, 2.45) is 0 Å². The summed E-state index contributed by atoms with van der Waals surface area (Å²) >= 11 is 0. The highest BCUT2D eigenvalue weighted by Gasteiger charge is 2.23.